The highest BCUT2D eigenvalue weighted by Crippen LogP contribution is 2.19. The Morgan fingerprint density at radius 1 is 1.00 bits per heavy atom. The summed E-state index contributed by atoms with van der Waals surface area (Å²) < 4.78 is 28.1. The summed E-state index contributed by atoms with van der Waals surface area (Å²) in [6.45, 7) is 1.85. The maximum absolute atomic E-state index is 13.8. The molecule has 1 N–H and O–H groups in total. The number of hydrogen-bond donors (Lipinski definition) is 1. The molecule has 142 valence electrons. The molecule has 0 bridgehead atoms. The number of nitrogens with zero attached hydrogens (tertiary/aromatic N) is 2. The fourth-order valence-corrected chi connectivity index (χ4v) is 3.23. The molecule has 2 aromatic rings. The summed E-state index contributed by atoms with van der Waals surface area (Å²) in [5.74, 6) is -1.74. The van der Waals surface area contributed by atoms with Crippen LogP contribution in [-0.2, 0) is 4.79 Å². The van der Waals surface area contributed by atoms with Crippen molar-refractivity contribution in [1.82, 2.24) is 9.80 Å². The molecule has 5 nitrogen and oxygen atoms in total. The van der Waals surface area contributed by atoms with Gasteiger partial charge in [0, 0.05) is 30.7 Å². The summed E-state index contributed by atoms with van der Waals surface area (Å²) in [6, 6.07) is 10.3. The Balaban J connectivity index is 1.51. The van der Waals surface area contributed by atoms with Gasteiger partial charge >= 0.3 is 0 Å². The molecule has 27 heavy (non-hydrogen) atoms. The minimum atomic E-state index is -0.541. The minimum Gasteiger partial charge on any atom is -0.336 e. The summed E-state index contributed by atoms with van der Waals surface area (Å²) in [7, 11) is 0. The zero-order valence-corrected chi connectivity index (χ0v) is 16.0. The molecule has 2 amide bonds. The van der Waals surface area contributed by atoms with Crippen molar-refractivity contribution in [2.75, 3.05) is 38.0 Å². The van der Waals surface area contributed by atoms with E-state index in [4.69, 9.17) is 0 Å². The Bertz CT molecular complexity index is 855. The number of anilines is 1. The number of rotatable bonds is 4. The molecule has 1 aliphatic rings. The van der Waals surface area contributed by atoms with Gasteiger partial charge < -0.3 is 10.2 Å². The van der Waals surface area contributed by atoms with Gasteiger partial charge in [-0.1, -0.05) is 28.1 Å². The van der Waals surface area contributed by atoms with E-state index in [1.165, 1.54) is 30.3 Å². The summed E-state index contributed by atoms with van der Waals surface area (Å²) in [6.07, 6.45) is 0. The molecule has 1 saturated heterocycles. The van der Waals surface area contributed by atoms with Gasteiger partial charge in [0.25, 0.3) is 5.91 Å². The number of nitrogens with one attached hydrogen (secondary N) is 1. The van der Waals surface area contributed by atoms with Crippen molar-refractivity contribution in [3.63, 3.8) is 0 Å². The van der Waals surface area contributed by atoms with Gasteiger partial charge in [-0.25, -0.2) is 8.78 Å². The molecule has 0 radical (unpaired) electrons. The van der Waals surface area contributed by atoms with Crippen molar-refractivity contribution in [1.29, 1.82) is 0 Å². The van der Waals surface area contributed by atoms with Gasteiger partial charge in [-0.2, -0.15) is 0 Å². The van der Waals surface area contributed by atoms with Crippen molar-refractivity contribution in [2.45, 2.75) is 0 Å². The van der Waals surface area contributed by atoms with Gasteiger partial charge in [0.2, 0.25) is 5.91 Å². The predicted octanol–water partition coefficient (Wildman–Crippen LogP) is 3.12. The molecular weight excluding hydrogens is 420 g/mol. The predicted molar refractivity (Wildman–Crippen MR) is 101 cm³/mol. The first-order valence-corrected chi connectivity index (χ1v) is 9.24. The van der Waals surface area contributed by atoms with Gasteiger partial charge in [0.15, 0.2) is 0 Å². The Morgan fingerprint density at radius 3 is 2.37 bits per heavy atom. The second kappa shape index (κ2) is 8.58. The largest absolute Gasteiger partial charge is 0.336 e. The summed E-state index contributed by atoms with van der Waals surface area (Å²) in [5.41, 5.74) is 0.172. The molecule has 0 unspecified atom stereocenters. The van der Waals surface area contributed by atoms with Gasteiger partial charge in [-0.05, 0) is 30.3 Å². The average Bonchev–Trinajstić information content (AvgIpc) is 2.64. The van der Waals surface area contributed by atoms with E-state index in [9.17, 15) is 18.4 Å². The lowest BCUT2D eigenvalue weighted by molar-refractivity contribution is -0.117. The zero-order valence-electron chi connectivity index (χ0n) is 14.4. The second-order valence-electron chi connectivity index (χ2n) is 6.22. The summed E-state index contributed by atoms with van der Waals surface area (Å²) >= 11 is 3.16. The maximum Gasteiger partial charge on any atom is 0.256 e. The van der Waals surface area contributed by atoms with Gasteiger partial charge in [-0.15, -0.1) is 0 Å². The van der Waals surface area contributed by atoms with E-state index >= 15 is 0 Å². The van der Waals surface area contributed by atoms with Crippen LogP contribution < -0.4 is 5.32 Å². The van der Waals surface area contributed by atoms with Crippen molar-refractivity contribution in [2.24, 2.45) is 0 Å². The lowest BCUT2D eigenvalue weighted by atomic mass is 10.1. The molecule has 0 saturated carbocycles. The smallest absolute Gasteiger partial charge is 0.256 e. The highest BCUT2D eigenvalue weighted by Gasteiger charge is 2.25. The number of hydrogen-bond acceptors (Lipinski definition) is 3. The molecular formula is C19H18BrF2N3O2. The SMILES string of the molecule is O=C(CN1CCN(C(=O)c2ccccc2F)CC1)Nc1ccc(Br)cc1F. The zero-order chi connectivity index (χ0) is 19.4. The van der Waals surface area contributed by atoms with Crippen LogP contribution in [0.2, 0.25) is 0 Å². The lowest BCUT2D eigenvalue weighted by Crippen LogP contribution is -2.50. The average molecular weight is 438 g/mol. The van der Waals surface area contributed by atoms with Crippen molar-refractivity contribution in [3.8, 4) is 0 Å². The fourth-order valence-electron chi connectivity index (χ4n) is 2.90. The molecule has 2 aromatic carbocycles. The first-order valence-electron chi connectivity index (χ1n) is 8.45. The van der Waals surface area contributed by atoms with Crippen molar-refractivity contribution >= 4 is 33.4 Å². The highest BCUT2D eigenvalue weighted by molar-refractivity contribution is 9.10. The Labute approximate surface area is 164 Å². The third-order valence-electron chi connectivity index (χ3n) is 4.34. The fraction of sp³-hybridized carbons (Fsp3) is 0.263. The van der Waals surface area contributed by atoms with E-state index in [1.807, 2.05) is 4.90 Å². The van der Waals surface area contributed by atoms with Crippen LogP contribution in [0.4, 0.5) is 14.5 Å². The number of benzene rings is 2. The van der Waals surface area contributed by atoms with Crippen LogP contribution in [0.25, 0.3) is 0 Å². The Morgan fingerprint density at radius 2 is 1.70 bits per heavy atom. The van der Waals surface area contributed by atoms with Crippen LogP contribution in [0, 0.1) is 11.6 Å². The molecule has 1 heterocycles. The first-order chi connectivity index (χ1) is 12.9. The number of carbonyl (C=O) groups excluding carboxylic acids is 2. The van der Waals surface area contributed by atoms with E-state index in [-0.39, 0.29) is 29.6 Å². The van der Waals surface area contributed by atoms with Crippen LogP contribution in [0.1, 0.15) is 10.4 Å². The molecule has 3 rings (SSSR count). The molecule has 0 aromatic heterocycles. The number of amides is 2. The lowest BCUT2D eigenvalue weighted by Gasteiger charge is -2.34. The van der Waals surface area contributed by atoms with E-state index in [0.29, 0.717) is 30.7 Å². The topological polar surface area (TPSA) is 52.7 Å². The number of halogens is 3. The quantitative estimate of drug-likeness (QED) is 0.799. The van der Waals surface area contributed by atoms with Crippen molar-refractivity contribution in [3.05, 3.63) is 64.1 Å². The Kier molecular flexibility index (Phi) is 6.18. The number of piperazine rings is 1. The highest BCUT2D eigenvalue weighted by atomic mass is 79.9. The molecule has 0 atom stereocenters. The second-order valence-corrected chi connectivity index (χ2v) is 7.14. The monoisotopic (exact) mass is 437 g/mol. The van der Waals surface area contributed by atoms with Crippen LogP contribution in [0.3, 0.4) is 0 Å². The van der Waals surface area contributed by atoms with Crippen molar-refractivity contribution < 1.29 is 18.4 Å². The molecule has 8 heteroatoms. The maximum atomic E-state index is 13.8. The third-order valence-corrected chi connectivity index (χ3v) is 4.83. The van der Waals surface area contributed by atoms with Gasteiger partial charge in [0.05, 0.1) is 17.8 Å². The normalized spacial score (nSPS) is 14.9. The Hall–Kier alpha value is -2.32. The van der Waals surface area contributed by atoms with Crippen LogP contribution in [-0.4, -0.2) is 54.3 Å². The molecule has 0 spiro atoms. The first kappa shape index (κ1) is 19.4. The standard InChI is InChI=1S/C19H18BrF2N3O2/c20-13-5-6-17(16(22)11-13)23-18(26)12-24-7-9-25(10-8-24)19(27)14-3-1-2-4-15(14)21/h1-6,11H,7-10,12H2,(H,23,26). The van der Waals surface area contributed by atoms with E-state index in [2.05, 4.69) is 21.2 Å². The van der Waals surface area contributed by atoms with E-state index in [1.54, 1.807) is 17.0 Å². The summed E-state index contributed by atoms with van der Waals surface area (Å²) in [5, 5.41) is 2.55. The summed E-state index contributed by atoms with van der Waals surface area (Å²) in [4.78, 5) is 28.0. The minimum absolute atomic E-state index is 0.0504. The van der Waals surface area contributed by atoms with E-state index in [0.717, 1.165) is 0 Å². The molecule has 1 fully saturated rings. The number of carbonyl (C=O) groups is 2. The van der Waals surface area contributed by atoms with Gasteiger partial charge in [0.1, 0.15) is 11.6 Å². The van der Waals surface area contributed by atoms with Gasteiger partial charge in [-0.3, -0.25) is 14.5 Å². The van der Waals surface area contributed by atoms with E-state index < -0.39 is 11.6 Å². The third kappa shape index (κ3) is 4.90. The molecule has 1 aliphatic heterocycles. The van der Waals surface area contributed by atoms with Crippen LogP contribution in [0.5, 0.6) is 0 Å². The molecule has 0 aliphatic carbocycles. The van der Waals surface area contributed by atoms with Crippen LogP contribution >= 0.6 is 15.9 Å². The van der Waals surface area contributed by atoms with Crippen LogP contribution in [0.15, 0.2) is 46.9 Å².